The van der Waals surface area contributed by atoms with E-state index in [9.17, 15) is 9.59 Å². The molecule has 10 atom stereocenters. The van der Waals surface area contributed by atoms with Gasteiger partial charge in [0.05, 0.1) is 5.41 Å². The third-order valence-electron chi connectivity index (χ3n) is 19.7. The molecule has 3 aliphatic heterocycles. The molecular formula is C50H71BF2N4O4. The number of allylic oxidation sites excluding steroid dienone is 3. The molecule has 332 valence electrons. The number of rotatable bonds is 6. The van der Waals surface area contributed by atoms with Crippen LogP contribution in [0, 0.1) is 70.5 Å². The van der Waals surface area contributed by atoms with Crippen molar-refractivity contribution >= 4 is 36.5 Å². The number of hydrogen-bond donors (Lipinski definition) is 0. The van der Waals surface area contributed by atoms with Crippen LogP contribution in [0.4, 0.5) is 8.63 Å². The number of nitrogens with zero attached hydrogens (tertiary/aromatic N) is 4. The fraction of sp³-hybridized carbons (Fsp3) is 0.720. The van der Waals surface area contributed by atoms with Crippen LogP contribution in [-0.4, -0.2) is 81.5 Å². The van der Waals surface area contributed by atoms with Gasteiger partial charge in [0.15, 0.2) is 5.70 Å². The largest absolute Gasteiger partial charge is 0.737 e. The Balaban J connectivity index is 0.894. The second-order valence-corrected chi connectivity index (χ2v) is 22.5. The molecule has 0 N–H and O–H groups in total. The van der Waals surface area contributed by atoms with Gasteiger partial charge in [-0.2, -0.15) is 0 Å². The summed E-state index contributed by atoms with van der Waals surface area (Å²) in [6.07, 6.45) is 16.2. The number of ether oxygens (including phenoxy) is 1. The van der Waals surface area contributed by atoms with Gasteiger partial charge in [-0.25, -0.2) is 0 Å². The first-order valence-electron chi connectivity index (χ1n) is 23.8. The Morgan fingerprint density at radius 3 is 2.25 bits per heavy atom. The van der Waals surface area contributed by atoms with E-state index >= 15 is 13.4 Å². The average Bonchev–Trinajstić information content (AvgIpc) is 3.89. The molecule has 0 unspecified atom stereocenters. The third kappa shape index (κ3) is 5.98. The lowest BCUT2D eigenvalue weighted by molar-refractivity contribution is -0.362. The van der Waals surface area contributed by atoms with Crippen molar-refractivity contribution in [1.29, 1.82) is 0 Å². The maximum Gasteiger partial charge on any atom is 0.737 e. The second-order valence-electron chi connectivity index (χ2n) is 22.5. The van der Waals surface area contributed by atoms with Crippen LogP contribution in [0.15, 0.2) is 36.1 Å². The van der Waals surface area contributed by atoms with Gasteiger partial charge in [0.2, 0.25) is 11.8 Å². The highest BCUT2D eigenvalue weighted by atomic mass is 19.2. The fourth-order valence-electron chi connectivity index (χ4n) is 16.7. The van der Waals surface area contributed by atoms with E-state index in [1.165, 1.54) is 18.4 Å². The first-order chi connectivity index (χ1) is 28.6. The quantitative estimate of drug-likeness (QED) is 0.163. The molecule has 5 saturated carbocycles. The highest BCUT2D eigenvalue weighted by molar-refractivity contribution is 6.58. The number of fused-ring (bicyclic) bond motifs is 9. The van der Waals surface area contributed by atoms with Crippen molar-refractivity contribution in [2.45, 2.75) is 145 Å². The first kappa shape index (κ1) is 42.8. The molecule has 9 rings (SSSR count). The van der Waals surface area contributed by atoms with Gasteiger partial charge in [0.1, 0.15) is 11.8 Å². The second kappa shape index (κ2) is 14.3. The molecule has 8 nitrogen and oxygen atoms in total. The zero-order valence-corrected chi connectivity index (χ0v) is 38.5. The zero-order valence-electron chi connectivity index (χ0n) is 38.5. The van der Waals surface area contributed by atoms with Gasteiger partial charge in [-0.3, -0.25) is 14.4 Å². The van der Waals surface area contributed by atoms with Crippen molar-refractivity contribution in [2.75, 3.05) is 26.2 Å². The van der Waals surface area contributed by atoms with E-state index in [1.54, 1.807) is 32.1 Å². The van der Waals surface area contributed by atoms with E-state index < -0.39 is 12.4 Å². The topological polar surface area (TPSA) is 74.9 Å². The highest BCUT2D eigenvalue weighted by Crippen LogP contribution is 2.77. The lowest BCUT2D eigenvalue weighted by Crippen LogP contribution is -2.67. The molecule has 4 heterocycles. The summed E-state index contributed by atoms with van der Waals surface area (Å²) in [5, 5.41) is 0. The Hall–Kier alpha value is -3.50. The summed E-state index contributed by atoms with van der Waals surface area (Å²) < 4.78 is 40.4. The van der Waals surface area contributed by atoms with Crippen molar-refractivity contribution in [3.8, 4) is 0 Å². The van der Waals surface area contributed by atoms with Crippen LogP contribution in [0.2, 0.25) is 0 Å². The van der Waals surface area contributed by atoms with Gasteiger partial charge in [-0.05, 0) is 148 Å². The molecule has 11 heteroatoms. The maximum atomic E-state index is 16.0. The van der Waals surface area contributed by atoms with E-state index in [0.717, 1.165) is 65.9 Å². The van der Waals surface area contributed by atoms with Crippen LogP contribution in [0.1, 0.15) is 142 Å². The minimum absolute atomic E-state index is 0.0375. The molecule has 61 heavy (non-hydrogen) atoms. The number of carbonyl (C=O) groups excluding carboxylic acids is 3. The van der Waals surface area contributed by atoms with Crippen molar-refractivity contribution in [3.05, 3.63) is 53.0 Å². The number of aryl methyl sites for hydroxylation is 2. The molecule has 0 radical (unpaired) electrons. The monoisotopic (exact) mass is 841 g/mol. The van der Waals surface area contributed by atoms with E-state index in [-0.39, 0.29) is 58.4 Å². The lowest BCUT2D eigenvalue weighted by Gasteiger charge is -2.73. The SMILES string of the molecule is C=C(C)[C@@H]1CC[C@]2(C(=O)N3CCN(C(=O)CCC4=[N+]5C(=Cc6c(C)cc(C)n6[B-]5(F)F)C=C4)CC3)CC[C@]3(C)[C@H](CC[C@@H]4[C@@]5(C)CC[C@H](OC(C)=O)C(C)(C)[C@@H]5CC[C@]43C)[C@@H]12. The first-order valence-corrected chi connectivity index (χ1v) is 23.8. The molecule has 1 aromatic heterocycles. The number of halogens is 2. The van der Waals surface area contributed by atoms with Crippen molar-refractivity contribution < 1.29 is 32.2 Å². The molecule has 1 saturated heterocycles. The van der Waals surface area contributed by atoms with Gasteiger partial charge in [0.25, 0.3) is 0 Å². The smallest absolute Gasteiger partial charge is 0.462 e. The molecule has 1 aromatic rings. The molecule has 0 spiro atoms. The summed E-state index contributed by atoms with van der Waals surface area (Å²) in [4.78, 5) is 45.0. The van der Waals surface area contributed by atoms with Gasteiger partial charge in [-0.15, -0.1) is 0 Å². The van der Waals surface area contributed by atoms with Gasteiger partial charge >= 0.3 is 12.9 Å². The minimum atomic E-state index is -4.07. The van der Waals surface area contributed by atoms with Crippen LogP contribution in [-0.2, 0) is 19.1 Å². The van der Waals surface area contributed by atoms with Crippen LogP contribution in [0.25, 0.3) is 6.08 Å². The Kier molecular flexibility index (Phi) is 10.00. The Labute approximate surface area is 363 Å². The van der Waals surface area contributed by atoms with Crippen molar-refractivity contribution in [1.82, 2.24) is 14.3 Å². The third-order valence-corrected chi connectivity index (χ3v) is 19.7. The standard InChI is InChI=1S/C50H71BF2N4O4/c1-31(2)37-17-22-50(24-23-48(9)38(44(37)50)14-15-41-47(8)20-19-42(61-34(5)58)46(6,7)40(47)18-21-49(41,48)10)45(60)55-27-25-54(26-28-55)43(59)16-13-35-11-12-36-30-39-32(3)29-33(4)56(39)51(52,53)57(35)36/h11-12,29-30,37-38,40-42,44H,1,13-28H2,2-10H3/t37-,38+,40-,41+,42-,44+,47-,48+,49+,50-/m0/s1. The number of hydrogen-bond acceptors (Lipinski definition) is 4. The van der Waals surface area contributed by atoms with Crippen LogP contribution in [0.3, 0.4) is 0 Å². The Bertz CT molecular complexity index is 2160. The summed E-state index contributed by atoms with van der Waals surface area (Å²) in [5.74, 6) is 2.17. The maximum absolute atomic E-state index is 16.0. The van der Waals surface area contributed by atoms with Crippen molar-refractivity contribution in [3.63, 3.8) is 0 Å². The van der Waals surface area contributed by atoms with E-state index in [4.69, 9.17) is 4.74 Å². The molecular weight excluding hydrogens is 769 g/mol. The molecule has 5 aliphatic carbocycles. The number of piperazine rings is 1. The van der Waals surface area contributed by atoms with Gasteiger partial charge in [0, 0.05) is 75.3 Å². The van der Waals surface area contributed by atoms with Crippen molar-refractivity contribution in [2.24, 2.45) is 56.7 Å². The predicted octanol–water partition coefficient (Wildman–Crippen LogP) is 9.75. The summed E-state index contributed by atoms with van der Waals surface area (Å²) in [7, 11) is 0. The minimum Gasteiger partial charge on any atom is -0.462 e. The number of esters is 1. The van der Waals surface area contributed by atoms with E-state index in [2.05, 4.69) is 53.0 Å². The average molecular weight is 841 g/mol. The van der Waals surface area contributed by atoms with Gasteiger partial charge < -0.3 is 32.1 Å². The molecule has 0 bridgehead atoms. The number of amides is 2. The summed E-state index contributed by atoms with van der Waals surface area (Å²) in [5.41, 5.74) is 3.99. The normalized spacial score (nSPS) is 39.3. The number of aromatic nitrogens is 1. The predicted molar refractivity (Wildman–Crippen MR) is 237 cm³/mol. The molecule has 2 amide bonds. The summed E-state index contributed by atoms with van der Waals surface area (Å²) >= 11 is 0. The lowest BCUT2D eigenvalue weighted by atomic mass is 9.32. The van der Waals surface area contributed by atoms with Gasteiger partial charge in [-0.1, -0.05) is 46.8 Å². The number of carbonyl (C=O) groups is 3. The molecule has 8 aliphatic rings. The van der Waals surface area contributed by atoms with Crippen LogP contribution < -0.4 is 0 Å². The summed E-state index contributed by atoms with van der Waals surface area (Å²) in [6, 6.07) is 1.80. The highest BCUT2D eigenvalue weighted by Gasteiger charge is 2.72. The van der Waals surface area contributed by atoms with Crippen LogP contribution in [0.5, 0.6) is 0 Å². The Morgan fingerprint density at radius 2 is 1.56 bits per heavy atom. The zero-order chi connectivity index (χ0) is 43.8. The fourth-order valence-corrected chi connectivity index (χ4v) is 16.7. The molecule has 0 aromatic carbocycles. The summed E-state index contributed by atoms with van der Waals surface area (Å²) in [6.45, 7) is 22.3. The van der Waals surface area contributed by atoms with E-state index in [0.29, 0.717) is 78.6 Å². The molecule has 6 fully saturated rings. The van der Waals surface area contributed by atoms with E-state index in [1.807, 2.05) is 17.9 Å². The van der Waals surface area contributed by atoms with Crippen LogP contribution >= 0.6 is 0 Å². The Morgan fingerprint density at radius 1 is 0.852 bits per heavy atom.